The van der Waals surface area contributed by atoms with E-state index in [1.54, 1.807) is 6.92 Å². The number of halogens is 2. The van der Waals surface area contributed by atoms with E-state index in [2.05, 4.69) is 5.32 Å². The van der Waals surface area contributed by atoms with E-state index >= 15 is 0 Å². The van der Waals surface area contributed by atoms with E-state index in [-0.39, 0.29) is 11.4 Å². The summed E-state index contributed by atoms with van der Waals surface area (Å²) in [6, 6.07) is 8.51. The molecule has 1 N–H and O–H groups in total. The van der Waals surface area contributed by atoms with Gasteiger partial charge in [-0.3, -0.25) is 19.7 Å². The zero-order valence-corrected chi connectivity index (χ0v) is 15.7. The van der Waals surface area contributed by atoms with Crippen LogP contribution in [-0.4, -0.2) is 28.2 Å². The minimum Gasteiger partial charge on any atom is -0.452 e. The van der Waals surface area contributed by atoms with Crippen LogP contribution >= 0.6 is 11.8 Å². The molecule has 0 aliphatic carbocycles. The lowest BCUT2D eigenvalue weighted by atomic mass is 10.2. The van der Waals surface area contributed by atoms with Crippen molar-refractivity contribution in [1.29, 1.82) is 0 Å². The molecule has 0 fully saturated rings. The number of esters is 1. The molecule has 2 aromatic rings. The van der Waals surface area contributed by atoms with Crippen molar-refractivity contribution in [3.63, 3.8) is 0 Å². The molecule has 10 heteroatoms. The number of amides is 1. The van der Waals surface area contributed by atoms with Crippen LogP contribution in [0.3, 0.4) is 0 Å². The second-order valence-corrected chi connectivity index (χ2v) is 7.12. The number of hydrogen-bond donors (Lipinski definition) is 1. The van der Waals surface area contributed by atoms with Gasteiger partial charge in [-0.05, 0) is 38.1 Å². The Bertz CT molecular complexity index is 892. The van der Waals surface area contributed by atoms with Gasteiger partial charge in [-0.2, -0.15) is 0 Å². The average Bonchev–Trinajstić information content (AvgIpc) is 2.65. The minimum absolute atomic E-state index is 0.0279. The normalized spacial score (nSPS) is 12.7. The smallest absolute Gasteiger partial charge is 0.319 e. The number of non-ortho nitro benzene ring substituents is 1. The van der Waals surface area contributed by atoms with E-state index in [4.69, 9.17) is 4.74 Å². The first-order valence-electron chi connectivity index (χ1n) is 8.05. The van der Waals surface area contributed by atoms with Crippen LogP contribution in [0.25, 0.3) is 0 Å². The topological polar surface area (TPSA) is 98.5 Å². The third-order valence-electron chi connectivity index (χ3n) is 3.54. The van der Waals surface area contributed by atoms with Crippen molar-refractivity contribution in [2.75, 3.05) is 5.32 Å². The Morgan fingerprint density at radius 2 is 1.75 bits per heavy atom. The van der Waals surface area contributed by atoms with Gasteiger partial charge in [-0.25, -0.2) is 8.78 Å². The van der Waals surface area contributed by atoms with Gasteiger partial charge in [0.15, 0.2) is 17.7 Å². The molecule has 0 heterocycles. The number of anilines is 1. The Hall–Kier alpha value is -3.01. The molecule has 148 valence electrons. The third-order valence-corrected chi connectivity index (χ3v) is 4.63. The molecule has 28 heavy (non-hydrogen) atoms. The maximum atomic E-state index is 13.2. The first kappa shape index (κ1) is 21.3. The highest BCUT2D eigenvalue weighted by molar-refractivity contribution is 8.00. The van der Waals surface area contributed by atoms with E-state index in [1.165, 1.54) is 37.3 Å². The Labute approximate surface area is 163 Å². The minimum atomic E-state index is -1.17. The largest absolute Gasteiger partial charge is 0.452 e. The lowest BCUT2D eigenvalue weighted by Gasteiger charge is -2.16. The maximum Gasteiger partial charge on any atom is 0.319 e. The number of carbonyl (C=O) groups excluding carboxylic acids is 2. The van der Waals surface area contributed by atoms with E-state index in [0.717, 1.165) is 23.9 Å². The summed E-state index contributed by atoms with van der Waals surface area (Å²) in [6.07, 6.45) is -1.17. The second kappa shape index (κ2) is 9.27. The van der Waals surface area contributed by atoms with Crippen LogP contribution in [0.2, 0.25) is 0 Å². The van der Waals surface area contributed by atoms with Gasteiger partial charge in [0, 0.05) is 28.8 Å². The van der Waals surface area contributed by atoms with E-state index in [1.807, 2.05) is 0 Å². The molecule has 0 bridgehead atoms. The van der Waals surface area contributed by atoms with E-state index < -0.39 is 39.8 Å². The van der Waals surface area contributed by atoms with Gasteiger partial charge >= 0.3 is 5.97 Å². The Morgan fingerprint density at radius 1 is 1.11 bits per heavy atom. The molecule has 2 aromatic carbocycles. The van der Waals surface area contributed by atoms with E-state index in [9.17, 15) is 28.5 Å². The molecular weight excluding hydrogens is 394 g/mol. The predicted molar refractivity (Wildman–Crippen MR) is 99.0 cm³/mol. The molecule has 0 radical (unpaired) electrons. The fourth-order valence-electron chi connectivity index (χ4n) is 2.04. The third kappa shape index (κ3) is 5.74. The van der Waals surface area contributed by atoms with Crippen LogP contribution in [0.15, 0.2) is 47.4 Å². The Kier molecular flexibility index (Phi) is 7.05. The molecule has 2 atom stereocenters. The number of nitrogens with one attached hydrogen (secondary N) is 1. The zero-order valence-electron chi connectivity index (χ0n) is 14.8. The Balaban J connectivity index is 1.90. The van der Waals surface area contributed by atoms with Crippen molar-refractivity contribution < 1.29 is 28.0 Å². The SMILES string of the molecule is C[C@H](OC(=O)[C@@H](C)Sc1ccc([N+](=O)[O-])cc1)C(=O)Nc1ccc(F)c(F)c1. The molecule has 7 nitrogen and oxygen atoms in total. The summed E-state index contributed by atoms with van der Waals surface area (Å²) in [5, 5.41) is 12.3. The summed E-state index contributed by atoms with van der Waals surface area (Å²) in [7, 11) is 0. The molecule has 0 aliphatic heterocycles. The number of thioether (sulfide) groups is 1. The van der Waals surface area contributed by atoms with Gasteiger partial charge in [0.25, 0.3) is 11.6 Å². The van der Waals surface area contributed by atoms with Gasteiger partial charge < -0.3 is 10.1 Å². The number of carbonyl (C=O) groups is 2. The number of ether oxygens (including phenoxy) is 1. The molecule has 0 unspecified atom stereocenters. The van der Waals surface area contributed by atoms with Crippen molar-refractivity contribution in [3.05, 3.63) is 64.2 Å². The predicted octanol–water partition coefficient (Wildman–Crippen LogP) is 3.92. The summed E-state index contributed by atoms with van der Waals surface area (Å²) in [4.78, 5) is 34.9. The van der Waals surface area contributed by atoms with Gasteiger partial charge in [0.2, 0.25) is 0 Å². The summed E-state index contributed by atoms with van der Waals surface area (Å²) in [6.45, 7) is 2.91. The lowest BCUT2D eigenvalue weighted by Crippen LogP contribution is -2.32. The van der Waals surface area contributed by atoms with Gasteiger partial charge in [0.05, 0.1) is 4.92 Å². The first-order valence-corrected chi connectivity index (χ1v) is 8.93. The molecule has 0 saturated heterocycles. The quantitative estimate of drug-likeness (QED) is 0.321. The van der Waals surface area contributed by atoms with Crippen LogP contribution in [0.4, 0.5) is 20.2 Å². The maximum absolute atomic E-state index is 13.2. The van der Waals surface area contributed by atoms with E-state index in [0.29, 0.717) is 4.90 Å². The standard InChI is InChI=1S/C18H16F2N2O5S/c1-10(17(23)21-12-3-8-15(19)16(20)9-12)27-18(24)11(2)28-14-6-4-13(5-7-14)22(25)26/h3-11H,1-2H3,(H,21,23)/t10-,11+/m0/s1. The second-order valence-electron chi connectivity index (χ2n) is 5.71. The van der Waals surface area contributed by atoms with Crippen molar-refractivity contribution in [3.8, 4) is 0 Å². The molecule has 2 rings (SSSR count). The summed E-state index contributed by atoms with van der Waals surface area (Å²) in [5.74, 6) is -3.53. The van der Waals surface area contributed by atoms with Crippen LogP contribution < -0.4 is 5.32 Å². The number of nitro groups is 1. The highest BCUT2D eigenvalue weighted by Gasteiger charge is 2.23. The van der Waals surface area contributed by atoms with Crippen LogP contribution in [-0.2, 0) is 14.3 Å². The fraction of sp³-hybridized carbons (Fsp3) is 0.222. The lowest BCUT2D eigenvalue weighted by molar-refractivity contribution is -0.384. The summed E-state index contributed by atoms with van der Waals surface area (Å²) in [5.41, 5.74) is -0.0396. The zero-order chi connectivity index (χ0) is 20.8. The first-order chi connectivity index (χ1) is 13.2. The highest BCUT2D eigenvalue weighted by atomic mass is 32.2. The van der Waals surface area contributed by atoms with Gasteiger partial charge in [-0.1, -0.05) is 0 Å². The number of benzene rings is 2. The number of nitro benzene ring substituents is 1. The molecule has 1 amide bonds. The molecule has 0 saturated carbocycles. The van der Waals surface area contributed by atoms with Gasteiger partial charge in [0.1, 0.15) is 5.25 Å². The van der Waals surface area contributed by atoms with Crippen LogP contribution in [0, 0.1) is 21.7 Å². The molecule has 0 spiro atoms. The Morgan fingerprint density at radius 3 is 2.32 bits per heavy atom. The summed E-state index contributed by atoms with van der Waals surface area (Å²) < 4.78 is 31.2. The number of rotatable bonds is 7. The van der Waals surface area contributed by atoms with Crippen LogP contribution in [0.5, 0.6) is 0 Å². The van der Waals surface area contributed by atoms with Crippen molar-refractivity contribution in [2.45, 2.75) is 30.1 Å². The summed E-state index contributed by atoms with van der Waals surface area (Å²) >= 11 is 1.11. The van der Waals surface area contributed by atoms with Crippen molar-refractivity contribution >= 4 is 35.0 Å². The monoisotopic (exact) mass is 410 g/mol. The van der Waals surface area contributed by atoms with Crippen LogP contribution in [0.1, 0.15) is 13.8 Å². The average molecular weight is 410 g/mol. The molecular formula is C18H16F2N2O5S. The van der Waals surface area contributed by atoms with Crippen molar-refractivity contribution in [2.24, 2.45) is 0 Å². The fourth-order valence-corrected chi connectivity index (χ4v) is 2.89. The van der Waals surface area contributed by atoms with Gasteiger partial charge in [-0.15, -0.1) is 11.8 Å². The molecule has 0 aromatic heterocycles. The number of nitrogens with zero attached hydrogens (tertiary/aromatic N) is 1. The molecule has 0 aliphatic rings. The van der Waals surface area contributed by atoms with Crippen molar-refractivity contribution in [1.82, 2.24) is 0 Å². The highest BCUT2D eigenvalue weighted by Crippen LogP contribution is 2.26. The number of hydrogen-bond acceptors (Lipinski definition) is 6.